The van der Waals surface area contributed by atoms with Gasteiger partial charge < -0.3 is 9.51 Å². The van der Waals surface area contributed by atoms with Gasteiger partial charge in [0.2, 0.25) is 11.7 Å². The number of rotatable bonds is 5. The summed E-state index contributed by atoms with van der Waals surface area (Å²) in [5.74, 6) is 1.10. The third-order valence-electron chi connectivity index (χ3n) is 4.33. The molecule has 2 aromatic rings. The van der Waals surface area contributed by atoms with Gasteiger partial charge in [0.15, 0.2) is 0 Å². The minimum absolute atomic E-state index is 0.159. The monoisotopic (exact) mass is 338 g/mol. The first-order valence-corrected chi connectivity index (χ1v) is 8.04. The highest BCUT2D eigenvalue weighted by Gasteiger charge is 2.23. The minimum atomic E-state index is -2.28. The number of likely N-dealkylation sites (tertiary alicyclic amines) is 1. The summed E-state index contributed by atoms with van der Waals surface area (Å²) in [6.07, 6.45) is -0.0163. The SMILES string of the molecule is Cc1ccc(-c2noc(CC3CCN(CC(F)F)CC3)n2)c(=O)[nH]1. The van der Waals surface area contributed by atoms with Gasteiger partial charge in [-0.15, -0.1) is 0 Å². The molecule has 0 spiro atoms. The number of nitrogens with zero attached hydrogens (tertiary/aromatic N) is 3. The van der Waals surface area contributed by atoms with E-state index < -0.39 is 6.43 Å². The molecular formula is C16H20F2N4O2. The van der Waals surface area contributed by atoms with E-state index in [0.717, 1.165) is 18.5 Å². The summed E-state index contributed by atoms with van der Waals surface area (Å²) in [4.78, 5) is 20.7. The molecule has 1 saturated heterocycles. The number of pyridine rings is 1. The molecule has 0 amide bonds. The Morgan fingerprint density at radius 2 is 2.12 bits per heavy atom. The molecule has 0 unspecified atom stereocenters. The van der Waals surface area contributed by atoms with E-state index in [1.165, 1.54) is 0 Å². The lowest BCUT2D eigenvalue weighted by Crippen LogP contribution is -2.37. The van der Waals surface area contributed by atoms with Crippen LogP contribution in [0, 0.1) is 12.8 Å². The smallest absolute Gasteiger partial charge is 0.259 e. The minimum Gasteiger partial charge on any atom is -0.339 e. The third-order valence-corrected chi connectivity index (χ3v) is 4.33. The zero-order valence-corrected chi connectivity index (χ0v) is 13.5. The Hall–Kier alpha value is -2.09. The van der Waals surface area contributed by atoms with Crippen molar-refractivity contribution in [2.45, 2.75) is 32.6 Å². The van der Waals surface area contributed by atoms with Crippen molar-refractivity contribution in [3.8, 4) is 11.4 Å². The Morgan fingerprint density at radius 3 is 2.79 bits per heavy atom. The van der Waals surface area contributed by atoms with E-state index in [0.29, 0.717) is 36.9 Å². The van der Waals surface area contributed by atoms with Crippen LogP contribution >= 0.6 is 0 Å². The molecule has 1 N–H and O–H groups in total. The first kappa shape index (κ1) is 16.8. The number of piperidine rings is 1. The van der Waals surface area contributed by atoms with E-state index in [2.05, 4.69) is 15.1 Å². The third kappa shape index (κ3) is 4.05. The van der Waals surface area contributed by atoms with Crippen LogP contribution in [0.2, 0.25) is 0 Å². The number of alkyl halides is 2. The van der Waals surface area contributed by atoms with E-state index in [4.69, 9.17) is 4.52 Å². The van der Waals surface area contributed by atoms with Crippen LogP contribution in [0.3, 0.4) is 0 Å². The largest absolute Gasteiger partial charge is 0.339 e. The van der Waals surface area contributed by atoms with Gasteiger partial charge in [-0.25, -0.2) is 8.78 Å². The van der Waals surface area contributed by atoms with Crippen molar-refractivity contribution in [2.75, 3.05) is 19.6 Å². The fourth-order valence-electron chi connectivity index (χ4n) is 3.01. The Kier molecular flexibility index (Phi) is 5.03. The van der Waals surface area contributed by atoms with E-state index in [1.807, 2.05) is 0 Å². The quantitative estimate of drug-likeness (QED) is 0.905. The Balaban J connectivity index is 1.60. The predicted octanol–water partition coefficient (Wildman–Crippen LogP) is 2.25. The maximum atomic E-state index is 12.4. The van der Waals surface area contributed by atoms with Gasteiger partial charge >= 0.3 is 0 Å². The summed E-state index contributed by atoms with van der Waals surface area (Å²) in [5.41, 5.74) is 0.896. The van der Waals surface area contributed by atoms with Gasteiger partial charge in [-0.1, -0.05) is 5.16 Å². The molecule has 0 atom stereocenters. The molecule has 0 bridgehead atoms. The van der Waals surface area contributed by atoms with Gasteiger partial charge in [-0.05, 0) is 50.9 Å². The second-order valence-electron chi connectivity index (χ2n) is 6.24. The molecule has 1 aliphatic heterocycles. The van der Waals surface area contributed by atoms with Crippen LogP contribution in [0.25, 0.3) is 11.4 Å². The second kappa shape index (κ2) is 7.21. The van der Waals surface area contributed by atoms with E-state index in [1.54, 1.807) is 24.0 Å². The maximum absolute atomic E-state index is 12.4. The highest BCUT2D eigenvalue weighted by Crippen LogP contribution is 2.22. The van der Waals surface area contributed by atoms with Crippen LogP contribution < -0.4 is 5.56 Å². The Bertz CT molecular complexity index is 736. The zero-order valence-electron chi connectivity index (χ0n) is 13.5. The normalized spacial score (nSPS) is 16.8. The van der Waals surface area contributed by atoms with Crippen molar-refractivity contribution in [3.63, 3.8) is 0 Å². The van der Waals surface area contributed by atoms with Crippen LogP contribution in [0.4, 0.5) is 8.78 Å². The van der Waals surface area contributed by atoms with Crippen LogP contribution in [0.1, 0.15) is 24.4 Å². The molecule has 1 fully saturated rings. The summed E-state index contributed by atoms with van der Waals surface area (Å²) in [7, 11) is 0. The number of nitrogens with one attached hydrogen (secondary N) is 1. The molecule has 0 saturated carbocycles. The molecule has 0 aromatic carbocycles. The Morgan fingerprint density at radius 1 is 1.38 bits per heavy atom. The molecule has 1 aliphatic rings. The Labute approximate surface area is 137 Å². The maximum Gasteiger partial charge on any atom is 0.259 e. The number of halogens is 2. The topological polar surface area (TPSA) is 75.0 Å². The highest BCUT2D eigenvalue weighted by molar-refractivity contribution is 5.52. The fraction of sp³-hybridized carbons (Fsp3) is 0.562. The molecule has 24 heavy (non-hydrogen) atoms. The van der Waals surface area contributed by atoms with Gasteiger partial charge in [0, 0.05) is 12.1 Å². The summed E-state index contributed by atoms with van der Waals surface area (Å²) in [6.45, 7) is 2.96. The lowest BCUT2D eigenvalue weighted by molar-refractivity contribution is 0.0681. The van der Waals surface area contributed by atoms with Crippen LogP contribution in [-0.2, 0) is 6.42 Å². The summed E-state index contributed by atoms with van der Waals surface area (Å²) >= 11 is 0. The van der Waals surface area contributed by atoms with Crippen molar-refractivity contribution in [1.29, 1.82) is 0 Å². The van der Waals surface area contributed by atoms with Gasteiger partial charge in [0.05, 0.1) is 12.1 Å². The fourth-order valence-corrected chi connectivity index (χ4v) is 3.01. The van der Waals surface area contributed by atoms with Crippen molar-refractivity contribution < 1.29 is 13.3 Å². The standard InChI is InChI=1S/C16H20F2N4O2/c1-10-2-3-12(16(23)19-10)15-20-14(24-21-15)8-11-4-6-22(7-5-11)9-13(17)18/h2-3,11,13H,4-9H2,1H3,(H,19,23). The van der Waals surface area contributed by atoms with Crippen molar-refractivity contribution in [3.05, 3.63) is 34.1 Å². The number of aromatic nitrogens is 3. The number of aryl methyl sites for hydroxylation is 1. The molecule has 3 heterocycles. The van der Waals surface area contributed by atoms with E-state index in [9.17, 15) is 13.6 Å². The first-order chi connectivity index (χ1) is 11.5. The number of hydrogen-bond donors (Lipinski definition) is 1. The molecule has 0 radical (unpaired) electrons. The van der Waals surface area contributed by atoms with Gasteiger partial charge in [0.25, 0.3) is 12.0 Å². The molecule has 2 aromatic heterocycles. The number of aromatic amines is 1. The molecule has 130 valence electrons. The molecule has 8 heteroatoms. The average molecular weight is 338 g/mol. The number of H-pyrrole nitrogens is 1. The van der Waals surface area contributed by atoms with Crippen molar-refractivity contribution >= 4 is 0 Å². The molecule has 3 rings (SSSR count). The lowest BCUT2D eigenvalue weighted by Gasteiger charge is -2.30. The van der Waals surface area contributed by atoms with Crippen molar-refractivity contribution in [1.82, 2.24) is 20.0 Å². The second-order valence-corrected chi connectivity index (χ2v) is 6.24. The highest BCUT2D eigenvalue weighted by atomic mass is 19.3. The predicted molar refractivity (Wildman–Crippen MR) is 84.0 cm³/mol. The molecular weight excluding hydrogens is 318 g/mol. The molecule has 6 nitrogen and oxygen atoms in total. The number of hydrogen-bond acceptors (Lipinski definition) is 5. The average Bonchev–Trinajstić information content (AvgIpc) is 2.97. The molecule has 0 aliphatic carbocycles. The van der Waals surface area contributed by atoms with E-state index >= 15 is 0 Å². The zero-order chi connectivity index (χ0) is 17.1. The summed E-state index contributed by atoms with van der Waals surface area (Å²) in [5, 5.41) is 3.88. The van der Waals surface area contributed by atoms with Gasteiger partial charge in [-0.3, -0.25) is 9.69 Å². The van der Waals surface area contributed by atoms with Crippen LogP contribution in [0.15, 0.2) is 21.5 Å². The van der Waals surface area contributed by atoms with Gasteiger partial charge in [-0.2, -0.15) is 4.98 Å². The van der Waals surface area contributed by atoms with E-state index in [-0.39, 0.29) is 17.9 Å². The van der Waals surface area contributed by atoms with Crippen molar-refractivity contribution in [2.24, 2.45) is 5.92 Å². The lowest BCUT2D eigenvalue weighted by atomic mass is 9.93. The van der Waals surface area contributed by atoms with Gasteiger partial charge in [0.1, 0.15) is 0 Å². The first-order valence-electron chi connectivity index (χ1n) is 8.04. The van der Waals surface area contributed by atoms with Crippen LogP contribution in [-0.4, -0.2) is 46.1 Å². The van der Waals surface area contributed by atoms with Crippen LogP contribution in [0.5, 0.6) is 0 Å². The summed E-state index contributed by atoms with van der Waals surface area (Å²) in [6, 6.07) is 3.46. The summed E-state index contributed by atoms with van der Waals surface area (Å²) < 4.78 is 30.0.